The Kier molecular flexibility index (Phi) is 7.76. The second kappa shape index (κ2) is 9.81. The maximum absolute atomic E-state index is 12.3. The van der Waals surface area contributed by atoms with E-state index in [1.54, 1.807) is 0 Å². The number of hydrogen-bond donors (Lipinski definition) is 1. The topological polar surface area (TPSA) is 41.6 Å². The number of benzene rings is 1. The van der Waals surface area contributed by atoms with E-state index in [-0.39, 0.29) is 5.91 Å². The molecule has 1 aromatic carbocycles. The van der Waals surface area contributed by atoms with E-state index in [9.17, 15) is 4.79 Å². The molecule has 0 spiro atoms. The van der Waals surface area contributed by atoms with Gasteiger partial charge in [-0.3, -0.25) is 4.79 Å². The zero-order valence-electron chi connectivity index (χ0n) is 16.3. The van der Waals surface area contributed by atoms with Gasteiger partial charge in [0.15, 0.2) is 6.10 Å². The molecule has 1 aliphatic heterocycles. The number of aryl methyl sites for hydroxylation is 1. The van der Waals surface area contributed by atoms with Crippen molar-refractivity contribution in [2.45, 2.75) is 65.4 Å². The Morgan fingerprint density at radius 2 is 1.92 bits per heavy atom. The quantitative estimate of drug-likeness (QED) is 0.726. The predicted octanol–water partition coefficient (Wildman–Crippen LogP) is 3.88. The number of ether oxygens (including phenoxy) is 1. The molecule has 140 valence electrons. The molecule has 0 unspecified atom stereocenters. The summed E-state index contributed by atoms with van der Waals surface area (Å²) in [6.07, 6.45) is 4.51. The lowest BCUT2D eigenvalue weighted by molar-refractivity contribution is -0.127. The monoisotopic (exact) mass is 346 g/mol. The van der Waals surface area contributed by atoms with Gasteiger partial charge in [-0.2, -0.15) is 0 Å². The van der Waals surface area contributed by atoms with Gasteiger partial charge in [0.05, 0.1) is 0 Å². The Morgan fingerprint density at radius 1 is 1.20 bits per heavy atom. The average molecular weight is 347 g/mol. The summed E-state index contributed by atoms with van der Waals surface area (Å²) < 4.78 is 5.97. The molecule has 0 saturated carbocycles. The number of likely N-dealkylation sites (tertiary alicyclic amines) is 1. The van der Waals surface area contributed by atoms with Crippen LogP contribution < -0.4 is 10.1 Å². The fraction of sp³-hybridized carbons (Fsp3) is 0.667. The first-order valence-corrected chi connectivity index (χ1v) is 9.74. The molecule has 0 aliphatic carbocycles. The minimum Gasteiger partial charge on any atom is -0.481 e. The van der Waals surface area contributed by atoms with Crippen LogP contribution in [-0.2, 0) is 4.79 Å². The molecule has 1 saturated heterocycles. The zero-order chi connectivity index (χ0) is 18.2. The summed E-state index contributed by atoms with van der Waals surface area (Å²) in [6.45, 7) is 12.4. The van der Waals surface area contributed by atoms with E-state index >= 15 is 0 Å². The molecular formula is C21H34N2O2. The molecule has 1 heterocycles. The second-order valence-corrected chi connectivity index (χ2v) is 7.50. The van der Waals surface area contributed by atoms with Crippen LogP contribution in [0.2, 0.25) is 0 Å². The van der Waals surface area contributed by atoms with Gasteiger partial charge in [0.25, 0.3) is 5.91 Å². The number of carbonyl (C=O) groups excluding carboxylic acids is 1. The molecule has 0 radical (unpaired) electrons. The van der Waals surface area contributed by atoms with Gasteiger partial charge in [-0.05, 0) is 75.9 Å². The summed E-state index contributed by atoms with van der Waals surface area (Å²) in [7, 11) is 0. The Labute approximate surface area is 152 Å². The van der Waals surface area contributed by atoms with E-state index in [1.165, 1.54) is 32.4 Å². The molecule has 1 aliphatic rings. The molecule has 4 heteroatoms. The minimum absolute atomic E-state index is 0.0325. The Balaban J connectivity index is 1.77. The van der Waals surface area contributed by atoms with Crippen molar-refractivity contribution in [2.75, 3.05) is 26.2 Å². The summed E-state index contributed by atoms with van der Waals surface area (Å²) in [5.41, 5.74) is 2.30. The van der Waals surface area contributed by atoms with Gasteiger partial charge in [0, 0.05) is 6.54 Å². The van der Waals surface area contributed by atoms with Crippen LogP contribution in [0.4, 0.5) is 0 Å². The number of nitrogens with zero attached hydrogens (tertiary/aromatic N) is 1. The smallest absolute Gasteiger partial charge is 0.260 e. The van der Waals surface area contributed by atoms with Crippen molar-refractivity contribution >= 4 is 5.91 Å². The third kappa shape index (κ3) is 6.35. The van der Waals surface area contributed by atoms with Gasteiger partial charge < -0.3 is 15.0 Å². The van der Waals surface area contributed by atoms with Crippen molar-refractivity contribution in [3.05, 3.63) is 29.3 Å². The van der Waals surface area contributed by atoms with Crippen molar-refractivity contribution in [1.82, 2.24) is 10.2 Å². The van der Waals surface area contributed by atoms with Crippen molar-refractivity contribution < 1.29 is 9.53 Å². The second-order valence-electron chi connectivity index (χ2n) is 7.50. The third-order valence-corrected chi connectivity index (χ3v) is 4.86. The molecule has 0 aromatic heterocycles. The van der Waals surface area contributed by atoms with Crippen LogP contribution in [0.3, 0.4) is 0 Å². The van der Waals surface area contributed by atoms with Gasteiger partial charge in [-0.1, -0.05) is 32.4 Å². The summed E-state index contributed by atoms with van der Waals surface area (Å²) in [6, 6.07) is 6.21. The summed E-state index contributed by atoms with van der Waals surface area (Å²) in [4.78, 5) is 14.8. The molecule has 1 atom stereocenters. The minimum atomic E-state index is -0.478. The van der Waals surface area contributed by atoms with Crippen molar-refractivity contribution in [2.24, 2.45) is 0 Å². The fourth-order valence-corrected chi connectivity index (χ4v) is 3.31. The highest BCUT2D eigenvalue weighted by Crippen LogP contribution is 2.28. The maximum Gasteiger partial charge on any atom is 0.260 e. The fourth-order valence-electron chi connectivity index (χ4n) is 3.31. The Bertz CT molecular complexity index is 551. The lowest BCUT2D eigenvalue weighted by Gasteiger charge is -2.26. The number of amides is 1. The highest BCUT2D eigenvalue weighted by atomic mass is 16.5. The first-order valence-electron chi connectivity index (χ1n) is 9.74. The maximum atomic E-state index is 12.3. The number of piperidine rings is 1. The van der Waals surface area contributed by atoms with Crippen LogP contribution in [0.15, 0.2) is 18.2 Å². The van der Waals surface area contributed by atoms with Gasteiger partial charge in [-0.25, -0.2) is 0 Å². The van der Waals surface area contributed by atoms with Crippen LogP contribution in [-0.4, -0.2) is 43.1 Å². The van der Waals surface area contributed by atoms with Crippen LogP contribution in [0, 0.1) is 6.92 Å². The van der Waals surface area contributed by atoms with E-state index in [0.717, 1.165) is 29.8 Å². The van der Waals surface area contributed by atoms with E-state index in [4.69, 9.17) is 4.74 Å². The number of nitrogens with one attached hydrogen (secondary N) is 1. The number of rotatable bonds is 8. The molecule has 1 fully saturated rings. The normalized spacial score (nSPS) is 16.7. The average Bonchev–Trinajstić information content (AvgIpc) is 2.59. The summed E-state index contributed by atoms with van der Waals surface area (Å²) in [5, 5.41) is 3.01. The van der Waals surface area contributed by atoms with E-state index in [0.29, 0.717) is 12.5 Å². The van der Waals surface area contributed by atoms with Crippen LogP contribution >= 0.6 is 0 Å². The first kappa shape index (κ1) is 19.8. The predicted molar refractivity (Wildman–Crippen MR) is 103 cm³/mol. The third-order valence-electron chi connectivity index (χ3n) is 4.86. The standard InChI is InChI=1S/C21H34N2O2/c1-16(2)19-10-9-17(3)15-20(19)25-18(4)21(24)22-11-8-14-23-12-6-5-7-13-23/h9-10,15-16,18H,5-8,11-14H2,1-4H3,(H,22,24)/t18-/m0/s1. The van der Waals surface area contributed by atoms with Gasteiger partial charge in [-0.15, -0.1) is 0 Å². The van der Waals surface area contributed by atoms with Crippen molar-refractivity contribution in [3.8, 4) is 5.75 Å². The first-order chi connectivity index (χ1) is 12.0. The van der Waals surface area contributed by atoms with Gasteiger partial charge in [0.2, 0.25) is 0 Å². The largest absolute Gasteiger partial charge is 0.481 e. The summed E-state index contributed by atoms with van der Waals surface area (Å²) in [5.74, 6) is 1.16. The lowest BCUT2D eigenvalue weighted by Crippen LogP contribution is -2.38. The van der Waals surface area contributed by atoms with Crippen LogP contribution in [0.1, 0.15) is 63.5 Å². The highest BCUT2D eigenvalue weighted by Gasteiger charge is 2.17. The molecule has 2 rings (SSSR count). The molecule has 1 N–H and O–H groups in total. The molecule has 1 aromatic rings. The van der Waals surface area contributed by atoms with Gasteiger partial charge >= 0.3 is 0 Å². The number of carbonyl (C=O) groups is 1. The molecule has 25 heavy (non-hydrogen) atoms. The summed E-state index contributed by atoms with van der Waals surface area (Å²) >= 11 is 0. The Hall–Kier alpha value is -1.55. The van der Waals surface area contributed by atoms with Crippen LogP contribution in [0.5, 0.6) is 5.75 Å². The van der Waals surface area contributed by atoms with Crippen molar-refractivity contribution in [1.29, 1.82) is 0 Å². The van der Waals surface area contributed by atoms with Crippen LogP contribution in [0.25, 0.3) is 0 Å². The van der Waals surface area contributed by atoms with Crippen molar-refractivity contribution in [3.63, 3.8) is 0 Å². The van der Waals surface area contributed by atoms with E-state index in [2.05, 4.69) is 36.2 Å². The van der Waals surface area contributed by atoms with E-state index < -0.39 is 6.10 Å². The van der Waals surface area contributed by atoms with Gasteiger partial charge in [0.1, 0.15) is 5.75 Å². The highest BCUT2D eigenvalue weighted by molar-refractivity contribution is 5.80. The lowest BCUT2D eigenvalue weighted by atomic mass is 10.0. The molecular weight excluding hydrogens is 312 g/mol. The SMILES string of the molecule is Cc1ccc(C(C)C)c(O[C@@H](C)C(=O)NCCCN2CCCCC2)c1. The molecule has 1 amide bonds. The molecule has 0 bridgehead atoms. The number of hydrogen-bond acceptors (Lipinski definition) is 3. The Morgan fingerprint density at radius 3 is 2.60 bits per heavy atom. The zero-order valence-corrected chi connectivity index (χ0v) is 16.3. The van der Waals surface area contributed by atoms with E-state index in [1.807, 2.05) is 19.9 Å². The molecule has 4 nitrogen and oxygen atoms in total.